The SMILES string of the molecule is COc1ncc([Si](C)(C)C)n2c(C)ncc12. The van der Waals surface area contributed by atoms with Crippen LogP contribution in [0, 0.1) is 6.92 Å². The maximum atomic E-state index is 5.25. The van der Waals surface area contributed by atoms with E-state index >= 15 is 0 Å². The molecule has 4 nitrogen and oxygen atoms in total. The van der Waals surface area contributed by atoms with Crippen molar-refractivity contribution in [2.75, 3.05) is 7.11 Å². The highest BCUT2D eigenvalue weighted by Crippen LogP contribution is 2.17. The zero-order chi connectivity index (χ0) is 11.9. The number of ether oxygens (including phenoxy) is 1. The summed E-state index contributed by atoms with van der Waals surface area (Å²) < 4.78 is 7.42. The number of methoxy groups -OCH3 is 1. The first-order chi connectivity index (χ1) is 7.45. The topological polar surface area (TPSA) is 39.4 Å². The van der Waals surface area contributed by atoms with E-state index in [-0.39, 0.29) is 0 Å². The molecule has 86 valence electrons. The molecular formula is C11H17N3OSi. The van der Waals surface area contributed by atoms with Crippen LogP contribution in [0.5, 0.6) is 5.88 Å². The fourth-order valence-corrected chi connectivity index (χ4v) is 3.23. The van der Waals surface area contributed by atoms with Crippen molar-refractivity contribution in [2.45, 2.75) is 26.6 Å². The van der Waals surface area contributed by atoms with E-state index in [9.17, 15) is 0 Å². The minimum absolute atomic E-state index is 0.641. The van der Waals surface area contributed by atoms with E-state index in [1.165, 1.54) is 5.32 Å². The molecule has 16 heavy (non-hydrogen) atoms. The van der Waals surface area contributed by atoms with Gasteiger partial charge in [-0.3, -0.25) is 4.40 Å². The van der Waals surface area contributed by atoms with Crippen LogP contribution in [-0.4, -0.2) is 29.6 Å². The first kappa shape index (κ1) is 11.1. The van der Waals surface area contributed by atoms with Gasteiger partial charge in [0.15, 0.2) is 0 Å². The third-order valence-corrected chi connectivity index (χ3v) is 4.55. The van der Waals surface area contributed by atoms with E-state index in [4.69, 9.17) is 4.74 Å². The number of nitrogens with zero attached hydrogens (tertiary/aromatic N) is 3. The van der Waals surface area contributed by atoms with E-state index in [1.807, 2.05) is 19.3 Å². The summed E-state index contributed by atoms with van der Waals surface area (Å²) in [6, 6.07) is 0. The molecule has 0 aliphatic carbocycles. The lowest BCUT2D eigenvalue weighted by atomic mass is 10.5. The predicted molar refractivity (Wildman–Crippen MR) is 67.3 cm³/mol. The molecule has 0 radical (unpaired) electrons. The molecule has 0 saturated carbocycles. The summed E-state index contributed by atoms with van der Waals surface area (Å²) in [4.78, 5) is 8.70. The van der Waals surface area contributed by atoms with Crippen LogP contribution in [0.3, 0.4) is 0 Å². The molecule has 0 bridgehead atoms. The zero-order valence-electron chi connectivity index (χ0n) is 10.4. The van der Waals surface area contributed by atoms with E-state index in [2.05, 4.69) is 34.0 Å². The van der Waals surface area contributed by atoms with E-state index < -0.39 is 8.07 Å². The summed E-state index contributed by atoms with van der Waals surface area (Å²) in [5, 5.41) is 1.28. The molecule has 2 aromatic rings. The number of aromatic nitrogens is 3. The number of hydrogen-bond acceptors (Lipinski definition) is 3. The first-order valence-corrected chi connectivity index (χ1v) is 8.82. The van der Waals surface area contributed by atoms with Crippen LogP contribution in [0.4, 0.5) is 0 Å². The third kappa shape index (κ3) is 1.61. The lowest BCUT2D eigenvalue weighted by molar-refractivity contribution is 0.401. The van der Waals surface area contributed by atoms with Gasteiger partial charge < -0.3 is 4.74 Å². The number of aryl methyl sites for hydroxylation is 1. The molecule has 0 aromatic carbocycles. The molecule has 0 aliphatic heterocycles. The Labute approximate surface area is 96.3 Å². The van der Waals surface area contributed by atoms with Crippen LogP contribution in [0.1, 0.15) is 5.82 Å². The monoisotopic (exact) mass is 235 g/mol. The molecule has 0 N–H and O–H groups in total. The van der Waals surface area contributed by atoms with Crippen LogP contribution in [0.15, 0.2) is 12.4 Å². The molecule has 0 unspecified atom stereocenters. The van der Waals surface area contributed by atoms with Gasteiger partial charge in [0.2, 0.25) is 5.88 Å². The molecule has 0 atom stereocenters. The van der Waals surface area contributed by atoms with Crippen molar-refractivity contribution in [1.82, 2.24) is 14.4 Å². The van der Waals surface area contributed by atoms with Gasteiger partial charge in [-0.15, -0.1) is 0 Å². The van der Waals surface area contributed by atoms with Crippen LogP contribution >= 0.6 is 0 Å². The highest BCUT2D eigenvalue weighted by Gasteiger charge is 2.22. The normalized spacial score (nSPS) is 12.1. The maximum absolute atomic E-state index is 5.25. The Hall–Kier alpha value is -1.36. The molecule has 2 aromatic heterocycles. The summed E-state index contributed by atoms with van der Waals surface area (Å²) in [6.45, 7) is 8.91. The van der Waals surface area contributed by atoms with Crippen molar-refractivity contribution in [3.05, 3.63) is 18.2 Å². The molecule has 0 spiro atoms. The Morgan fingerprint density at radius 3 is 2.44 bits per heavy atom. The Balaban J connectivity index is 2.83. The highest BCUT2D eigenvalue weighted by atomic mass is 28.3. The van der Waals surface area contributed by atoms with Gasteiger partial charge in [0, 0.05) is 11.5 Å². The van der Waals surface area contributed by atoms with Gasteiger partial charge in [-0.1, -0.05) is 19.6 Å². The van der Waals surface area contributed by atoms with Gasteiger partial charge in [-0.25, -0.2) is 9.97 Å². The minimum Gasteiger partial charge on any atom is -0.479 e. The largest absolute Gasteiger partial charge is 0.479 e. The van der Waals surface area contributed by atoms with Gasteiger partial charge >= 0.3 is 0 Å². The molecule has 0 saturated heterocycles. The van der Waals surface area contributed by atoms with Crippen LogP contribution in [0.2, 0.25) is 19.6 Å². The average molecular weight is 235 g/mol. The van der Waals surface area contributed by atoms with E-state index in [0.29, 0.717) is 5.88 Å². The third-order valence-electron chi connectivity index (χ3n) is 2.66. The Bertz CT molecular complexity index is 528. The van der Waals surface area contributed by atoms with Crippen molar-refractivity contribution in [3.63, 3.8) is 0 Å². The maximum Gasteiger partial charge on any atom is 0.239 e. The molecule has 2 rings (SSSR count). The second-order valence-corrected chi connectivity index (χ2v) is 9.94. The van der Waals surface area contributed by atoms with Gasteiger partial charge in [-0.05, 0) is 6.92 Å². The molecule has 0 aliphatic rings. The Kier molecular flexibility index (Phi) is 2.50. The van der Waals surface area contributed by atoms with Crippen LogP contribution < -0.4 is 10.1 Å². The summed E-state index contributed by atoms with van der Waals surface area (Å²) in [5.74, 6) is 1.63. The molecule has 0 fully saturated rings. The smallest absolute Gasteiger partial charge is 0.239 e. The van der Waals surface area contributed by atoms with Crippen molar-refractivity contribution in [1.29, 1.82) is 0 Å². The minimum atomic E-state index is -1.42. The number of imidazole rings is 1. The molecule has 2 heterocycles. The van der Waals surface area contributed by atoms with Gasteiger partial charge in [0.25, 0.3) is 0 Å². The quantitative estimate of drug-likeness (QED) is 0.742. The lowest BCUT2D eigenvalue weighted by Crippen LogP contribution is -2.42. The van der Waals surface area contributed by atoms with Crippen molar-refractivity contribution < 1.29 is 4.74 Å². The van der Waals surface area contributed by atoms with Gasteiger partial charge in [0.1, 0.15) is 19.4 Å². The van der Waals surface area contributed by atoms with Gasteiger partial charge in [0.05, 0.1) is 13.3 Å². The standard InChI is InChI=1S/C11H17N3OSi/c1-8-12-6-9-11(15-2)13-7-10(14(8)9)16(3,4)5/h6-7H,1-5H3. The van der Waals surface area contributed by atoms with E-state index in [1.54, 1.807) is 7.11 Å². The van der Waals surface area contributed by atoms with Crippen LogP contribution in [-0.2, 0) is 0 Å². The van der Waals surface area contributed by atoms with Crippen molar-refractivity contribution >= 4 is 18.9 Å². The van der Waals surface area contributed by atoms with Crippen LogP contribution in [0.25, 0.3) is 5.52 Å². The second kappa shape index (κ2) is 3.59. The summed E-state index contributed by atoms with van der Waals surface area (Å²) in [7, 11) is 0.214. The fourth-order valence-electron chi connectivity index (χ4n) is 1.83. The van der Waals surface area contributed by atoms with Gasteiger partial charge in [-0.2, -0.15) is 0 Å². The van der Waals surface area contributed by atoms with Crippen molar-refractivity contribution in [3.8, 4) is 5.88 Å². The molecular weight excluding hydrogens is 218 g/mol. The number of hydrogen-bond donors (Lipinski definition) is 0. The predicted octanol–water partition coefficient (Wildman–Crippen LogP) is 1.59. The average Bonchev–Trinajstić information content (AvgIpc) is 2.58. The Morgan fingerprint density at radius 2 is 1.88 bits per heavy atom. The lowest BCUT2D eigenvalue weighted by Gasteiger charge is -2.19. The summed E-state index contributed by atoms with van der Waals surface area (Å²) in [5.41, 5.74) is 0.958. The molecule has 5 heteroatoms. The fraction of sp³-hybridized carbons (Fsp3) is 0.455. The van der Waals surface area contributed by atoms with Crippen molar-refractivity contribution in [2.24, 2.45) is 0 Å². The molecule has 0 amide bonds. The Morgan fingerprint density at radius 1 is 1.19 bits per heavy atom. The number of rotatable bonds is 2. The highest BCUT2D eigenvalue weighted by molar-refractivity contribution is 6.88. The second-order valence-electron chi connectivity index (χ2n) is 4.93. The number of fused-ring (bicyclic) bond motifs is 1. The zero-order valence-corrected chi connectivity index (χ0v) is 11.4. The first-order valence-electron chi connectivity index (χ1n) is 5.32. The summed E-state index contributed by atoms with van der Waals surface area (Å²) in [6.07, 6.45) is 3.75. The van der Waals surface area contributed by atoms with E-state index in [0.717, 1.165) is 11.3 Å². The summed E-state index contributed by atoms with van der Waals surface area (Å²) >= 11 is 0.